The van der Waals surface area contributed by atoms with Crippen LogP contribution in [0.2, 0.25) is 19.1 Å². The van der Waals surface area contributed by atoms with Gasteiger partial charge in [-0.05, 0) is 36.2 Å². The Bertz CT molecular complexity index is 540. The van der Waals surface area contributed by atoms with E-state index in [2.05, 4.69) is 13.1 Å². The van der Waals surface area contributed by atoms with Gasteiger partial charge in [0.15, 0.2) is 11.6 Å². The molecule has 106 valence electrons. The summed E-state index contributed by atoms with van der Waals surface area (Å²) in [6.07, 6.45) is 2.18. The second-order valence-electron chi connectivity index (χ2n) is 5.47. The first-order chi connectivity index (χ1) is 9.65. The minimum Gasteiger partial charge on any atom is -0.454 e. The van der Waals surface area contributed by atoms with Crippen LogP contribution in [0.25, 0.3) is 0 Å². The van der Waals surface area contributed by atoms with Gasteiger partial charge >= 0.3 is 0 Å². The molecule has 0 N–H and O–H groups in total. The monoisotopic (exact) mass is 288 g/mol. The second kappa shape index (κ2) is 7.24. The van der Waals surface area contributed by atoms with E-state index in [-0.39, 0.29) is 5.82 Å². The molecular weight excluding hydrogens is 267 g/mol. The van der Waals surface area contributed by atoms with Gasteiger partial charge in [0, 0.05) is 8.80 Å². The van der Waals surface area contributed by atoms with Gasteiger partial charge in [0.1, 0.15) is 5.75 Å². The first kappa shape index (κ1) is 14.8. The van der Waals surface area contributed by atoms with E-state index in [0.717, 1.165) is 12.0 Å². The molecule has 3 heteroatoms. The summed E-state index contributed by atoms with van der Waals surface area (Å²) in [7, 11) is -0.496. The van der Waals surface area contributed by atoms with E-state index in [1.54, 1.807) is 0 Å². The summed E-state index contributed by atoms with van der Waals surface area (Å²) in [5, 5.41) is 0. The zero-order valence-corrected chi connectivity index (χ0v) is 13.3. The van der Waals surface area contributed by atoms with Crippen LogP contribution in [0.3, 0.4) is 0 Å². The number of benzene rings is 2. The van der Waals surface area contributed by atoms with Crippen LogP contribution >= 0.6 is 0 Å². The number of hydrogen-bond donors (Lipinski definition) is 0. The Kier molecular flexibility index (Phi) is 5.36. The van der Waals surface area contributed by atoms with Gasteiger partial charge in [-0.1, -0.05) is 49.8 Å². The highest BCUT2D eigenvalue weighted by Crippen LogP contribution is 2.26. The van der Waals surface area contributed by atoms with E-state index in [9.17, 15) is 4.39 Å². The third-order valence-corrected chi connectivity index (χ3v) is 4.78. The number of ether oxygens (including phenoxy) is 1. The standard InChI is InChI=1S/C17H21FOSi/c1-20(2)12-6-7-14-10-11-16(18)17(13-14)19-15-8-4-3-5-9-15/h3-5,8-11,13,20H,6-7,12H2,1-2H3. The number of para-hydroxylation sites is 1. The van der Waals surface area contributed by atoms with Crippen molar-refractivity contribution in [3.05, 3.63) is 59.9 Å². The van der Waals surface area contributed by atoms with Crippen molar-refractivity contribution in [3.63, 3.8) is 0 Å². The largest absolute Gasteiger partial charge is 0.454 e. The minimum atomic E-state index is -0.496. The lowest BCUT2D eigenvalue weighted by Gasteiger charge is -2.09. The molecule has 0 aliphatic rings. The Hall–Kier alpha value is -1.61. The molecule has 0 spiro atoms. The van der Waals surface area contributed by atoms with E-state index < -0.39 is 8.80 Å². The Labute approximate surface area is 122 Å². The fourth-order valence-corrected chi connectivity index (χ4v) is 3.13. The average Bonchev–Trinajstić information content (AvgIpc) is 2.43. The van der Waals surface area contributed by atoms with Crippen molar-refractivity contribution in [2.45, 2.75) is 32.0 Å². The van der Waals surface area contributed by atoms with Crippen LogP contribution in [0.5, 0.6) is 11.5 Å². The normalized spacial score (nSPS) is 10.8. The molecule has 1 nitrogen and oxygen atoms in total. The highest BCUT2D eigenvalue weighted by atomic mass is 28.3. The molecule has 0 unspecified atom stereocenters. The van der Waals surface area contributed by atoms with Crippen molar-refractivity contribution in [1.82, 2.24) is 0 Å². The van der Waals surface area contributed by atoms with Gasteiger partial charge in [-0.2, -0.15) is 0 Å². The molecule has 0 saturated heterocycles. The molecule has 0 amide bonds. The molecule has 0 bridgehead atoms. The Morgan fingerprint density at radius 2 is 1.80 bits per heavy atom. The number of aryl methyl sites for hydroxylation is 1. The highest BCUT2D eigenvalue weighted by Gasteiger charge is 2.06. The molecule has 0 aliphatic carbocycles. The maximum atomic E-state index is 13.8. The molecule has 0 atom stereocenters. The van der Waals surface area contributed by atoms with Crippen molar-refractivity contribution in [1.29, 1.82) is 0 Å². The molecule has 20 heavy (non-hydrogen) atoms. The SMILES string of the molecule is C[SiH](C)CCCc1ccc(F)c(Oc2ccccc2)c1. The van der Waals surface area contributed by atoms with Crippen LogP contribution in [-0.4, -0.2) is 8.80 Å². The van der Waals surface area contributed by atoms with Crippen LogP contribution < -0.4 is 4.74 Å². The van der Waals surface area contributed by atoms with Gasteiger partial charge in [0.05, 0.1) is 0 Å². The molecule has 2 aromatic rings. The summed E-state index contributed by atoms with van der Waals surface area (Å²) in [4.78, 5) is 0. The van der Waals surface area contributed by atoms with Gasteiger partial charge in [0.25, 0.3) is 0 Å². The summed E-state index contributed by atoms with van der Waals surface area (Å²) in [5.41, 5.74) is 1.15. The summed E-state index contributed by atoms with van der Waals surface area (Å²) in [6.45, 7) is 4.71. The predicted molar refractivity (Wildman–Crippen MR) is 84.9 cm³/mol. The summed E-state index contributed by atoms with van der Waals surface area (Å²) >= 11 is 0. The van der Waals surface area contributed by atoms with E-state index in [1.807, 2.05) is 42.5 Å². The van der Waals surface area contributed by atoms with Gasteiger partial charge in [-0.3, -0.25) is 0 Å². The molecule has 0 radical (unpaired) electrons. The maximum Gasteiger partial charge on any atom is 0.165 e. The first-order valence-electron chi connectivity index (χ1n) is 7.16. The first-order valence-corrected chi connectivity index (χ1v) is 10.3. The lowest BCUT2D eigenvalue weighted by Crippen LogP contribution is -1.99. The smallest absolute Gasteiger partial charge is 0.165 e. The third kappa shape index (κ3) is 4.49. The molecular formula is C17H21FOSi. The molecule has 0 saturated carbocycles. The molecule has 0 aromatic heterocycles. The van der Waals surface area contributed by atoms with Crippen molar-refractivity contribution in [2.24, 2.45) is 0 Å². The zero-order chi connectivity index (χ0) is 14.4. The molecule has 0 aliphatic heterocycles. The molecule has 0 heterocycles. The van der Waals surface area contributed by atoms with Crippen molar-refractivity contribution < 1.29 is 9.13 Å². The van der Waals surface area contributed by atoms with Gasteiger partial charge in [-0.25, -0.2) is 4.39 Å². The van der Waals surface area contributed by atoms with Gasteiger partial charge < -0.3 is 4.74 Å². The van der Waals surface area contributed by atoms with E-state index in [0.29, 0.717) is 11.5 Å². The fourth-order valence-electron chi connectivity index (χ4n) is 2.11. The molecule has 2 aromatic carbocycles. The molecule has 0 fully saturated rings. The van der Waals surface area contributed by atoms with Gasteiger partial charge in [-0.15, -0.1) is 0 Å². The minimum absolute atomic E-state index is 0.309. The topological polar surface area (TPSA) is 9.23 Å². The molecule has 2 rings (SSSR count). The van der Waals surface area contributed by atoms with Crippen LogP contribution in [-0.2, 0) is 6.42 Å². The maximum absolute atomic E-state index is 13.8. The predicted octanol–water partition coefficient (Wildman–Crippen LogP) is 5.04. The Balaban J connectivity index is 2.05. The highest BCUT2D eigenvalue weighted by molar-refractivity contribution is 6.55. The van der Waals surface area contributed by atoms with Crippen LogP contribution in [0, 0.1) is 5.82 Å². The van der Waals surface area contributed by atoms with Crippen LogP contribution in [0.15, 0.2) is 48.5 Å². The summed E-state index contributed by atoms with van der Waals surface area (Å²) in [6, 6.07) is 15.8. The summed E-state index contributed by atoms with van der Waals surface area (Å²) < 4.78 is 19.4. The third-order valence-electron chi connectivity index (χ3n) is 3.21. The van der Waals surface area contributed by atoms with Gasteiger partial charge in [0.2, 0.25) is 0 Å². The van der Waals surface area contributed by atoms with Crippen LogP contribution in [0.4, 0.5) is 4.39 Å². The average molecular weight is 288 g/mol. The fraction of sp³-hybridized carbons (Fsp3) is 0.294. The zero-order valence-electron chi connectivity index (χ0n) is 12.1. The lowest BCUT2D eigenvalue weighted by atomic mass is 10.1. The second-order valence-corrected chi connectivity index (χ2v) is 8.83. The quantitative estimate of drug-likeness (QED) is 0.677. The number of hydrogen-bond acceptors (Lipinski definition) is 1. The van der Waals surface area contributed by atoms with Crippen molar-refractivity contribution in [3.8, 4) is 11.5 Å². The van der Waals surface area contributed by atoms with E-state index in [4.69, 9.17) is 4.74 Å². The van der Waals surface area contributed by atoms with E-state index >= 15 is 0 Å². The number of halogens is 1. The van der Waals surface area contributed by atoms with Crippen molar-refractivity contribution in [2.75, 3.05) is 0 Å². The van der Waals surface area contributed by atoms with E-state index in [1.165, 1.54) is 18.5 Å². The number of rotatable bonds is 6. The Morgan fingerprint density at radius 3 is 2.50 bits per heavy atom. The summed E-state index contributed by atoms with van der Waals surface area (Å²) in [5.74, 6) is 0.671. The Morgan fingerprint density at radius 1 is 1.05 bits per heavy atom. The van der Waals surface area contributed by atoms with Crippen molar-refractivity contribution >= 4 is 8.80 Å². The lowest BCUT2D eigenvalue weighted by molar-refractivity contribution is 0.441. The van der Waals surface area contributed by atoms with Crippen LogP contribution in [0.1, 0.15) is 12.0 Å².